The van der Waals surface area contributed by atoms with E-state index in [1.807, 2.05) is 36.6 Å². The normalized spacial score (nSPS) is 27.4. The van der Waals surface area contributed by atoms with Gasteiger partial charge in [-0.2, -0.15) is 0 Å². The summed E-state index contributed by atoms with van der Waals surface area (Å²) < 4.78 is 0. The van der Waals surface area contributed by atoms with E-state index >= 15 is 0 Å². The number of rotatable bonds is 4. The van der Waals surface area contributed by atoms with Crippen LogP contribution in [0.3, 0.4) is 0 Å². The van der Waals surface area contributed by atoms with Crippen molar-refractivity contribution in [2.24, 2.45) is 23.7 Å². The maximum absolute atomic E-state index is 12.7. The molecule has 1 aromatic carbocycles. The number of aryl methyl sites for hydroxylation is 1. The van der Waals surface area contributed by atoms with Gasteiger partial charge in [0.1, 0.15) is 0 Å². The smallest absolute Gasteiger partial charge is 0.307 e. The van der Waals surface area contributed by atoms with Crippen LogP contribution in [0.25, 0.3) is 11.3 Å². The molecule has 2 aliphatic rings. The Labute approximate surface area is 150 Å². The Morgan fingerprint density at radius 3 is 2.52 bits per heavy atom. The SMILES string of the molecule is Cc1ccc(-c2csc(NC(=O)[C@@H]3[C@H]4CC[C@@H](C4)[C@@H]3C(=O)O)n2)cc1. The van der Waals surface area contributed by atoms with Crippen molar-refractivity contribution in [2.45, 2.75) is 26.2 Å². The van der Waals surface area contributed by atoms with Crippen LogP contribution in [0, 0.1) is 30.6 Å². The van der Waals surface area contributed by atoms with Gasteiger partial charge in [0, 0.05) is 10.9 Å². The van der Waals surface area contributed by atoms with Gasteiger partial charge in [-0.1, -0.05) is 29.8 Å². The average molecular weight is 356 g/mol. The van der Waals surface area contributed by atoms with E-state index in [2.05, 4.69) is 10.3 Å². The van der Waals surface area contributed by atoms with Crippen molar-refractivity contribution in [1.82, 2.24) is 4.98 Å². The summed E-state index contributed by atoms with van der Waals surface area (Å²) >= 11 is 1.37. The molecule has 2 fully saturated rings. The number of carbonyl (C=O) groups excluding carboxylic acids is 1. The number of hydrogen-bond donors (Lipinski definition) is 2. The Balaban J connectivity index is 1.50. The predicted molar refractivity (Wildman–Crippen MR) is 96.4 cm³/mol. The lowest BCUT2D eigenvalue weighted by Crippen LogP contribution is -2.37. The molecule has 2 aromatic rings. The Kier molecular flexibility index (Phi) is 4.07. The number of aromatic nitrogens is 1. The zero-order valence-corrected chi connectivity index (χ0v) is 14.8. The molecular weight excluding hydrogens is 336 g/mol. The molecule has 130 valence electrons. The highest BCUT2D eigenvalue weighted by Gasteiger charge is 2.54. The van der Waals surface area contributed by atoms with Crippen molar-refractivity contribution in [3.8, 4) is 11.3 Å². The Morgan fingerprint density at radius 2 is 1.84 bits per heavy atom. The minimum atomic E-state index is -0.841. The summed E-state index contributed by atoms with van der Waals surface area (Å²) in [6, 6.07) is 8.07. The first-order valence-electron chi connectivity index (χ1n) is 8.59. The van der Waals surface area contributed by atoms with Crippen LogP contribution in [-0.2, 0) is 9.59 Å². The molecular formula is C19H20N2O3S. The molecule has 1 amide bonds. The zero-order chi connectivity index (χ0) is 17.6. The summed E-state index contributed by atoms with van der Waals surface area (Å²) in [4.78, 5) is 28.8. The lowest BCUT2D eigenvalue weighted by atomic mass is 9.79. The van der Waals surface area contributed by atoms with Crippen LogP contribution >= 0.6 is 11.3 Å². The summed E-state index contributed by atoms with van der Waals surface area (Å²) in [7, 11) is 0. The number of anilines is 1. The molecule has 2 bridgehead atoms. The summed E-state index contributed by atoms with van der Waals surface area (Å²) in [5.41, 5.74) is 3.01. The third kappa shape index (κ3) is 2.95. The largest absolute Gasteiger partial charge is 0.481 e. The minimum absolute atomic E-state index is 0.151. The molecule has 0 spiro atoms. The van der Waals surface area contributed by atoms with Crippen LogP contribution in [-0.4, -0.2) is 22.0 Å². The van der Waals surface area contributed by atoms with E-state index in [0.29, 0.717) is 5.13 Å². The number of nitrogens with zero attached hydrogens (tertiary/aromatic N) is 1. The predicted octanol–water partition coefficient (Wildman–Crippen LogP) is 3.80. The topological polar surface area (TPSA) is 79.3 Å². The summed E-state index contributed by atoms with van der Waals surface area (Å²) in [5, 5.41) is 14.8. The Bertz CT molecular complexity index is 814. The van der Waals surface area contributed by atoms with E-state index < -0.39 is 17.8 Å². The first-order chi connectivity index (χ1) is 12.0. The lowest BCUT2D eigenvalue weighted by Gasteiger charge is -2.26. The van der Waals surface area contributed by atoms with Crippen LogP contribution in [0.4, 0.5) is 5.13 Å². The van der Waals surface area contributed by atoms with Gasteiger partial charge >= 0.3 is 5.97 Å². The number of hydrogen-bond acceptors (Lipinski definition) is 4. The Hall–Kier alpha value is -2.21. The molecule has 5 nitrogen and oxygen atoms in total. The van der Waals surface area contributed by atoms with Crippen LogP contribution in [0.5, 0.6) is 0 Å². The standard InChI is InChI=1S/C19H20N2O3S/c1-10-2-4-11(5-3-10)14-9-25-19(20-14)21-17(22)15-12-6-7-13(8-12)16(15)18(23)24/h2-5,9,12-13,15-16H,6-8H2,1H3,(H,23,24)(H,20,21,22)/t12-,13-,15+,16-/m0/s1. The molecule has 2 N–H and O–H groups in total. The lowest BCUT2D eigenvalue weighted by molar-refractivity contribution is -0.148. The van der Waals surface area contributed by atoms with Crippen molar-refractivity contribution in [2.75, 3.05) is 5.32 Å². The van der Waals surface area contributed by atoms with Crippen molar-refractivity contribution in [3.05, 3.63) is 35.2 Å². The van der Waals surface area contributed by atoms with Crippen molar-refractivity contribution >= 4 is 28.3 Å². The minimum Gasteiger partial charge on any atom is -0.481 e. The summed E-state index contributed by atoms with van der Waals surface area (Å²) in [5.74, 6) is -1.66. The van der Waals surface area contributed by atoms with Gasteiger partial charge in [-0.05, 0) is 38.0 Å². The molecule has 1 heterocycles. The molecule has 4 atom stereocenters. The van der Waals surface area contributed by atoms with Gasteiger partial charge in [0.25, 0.3) is 0 Å². The molecule has 0 saturated heterocycles. The Morgan fingerprint density at radius 1 is 1.16 bits per heavy atom. The number of carboxylic acid groups (broad SMARTS) is 1. The van der Waals surface area contributed by atoms with E-state index in [-0.39, 0.29) is 17.7 Å². The average Bonchev–Trinajstić information content (AvgIpc) is 3.30. The number of aliphatic carboxylic acids is 1. The number of carbonyl (C=O) groups is 2. The quantitative estimate of drug-likeness (QED) is 0.873. The molecule has 25 heavy (non-hydrogen) atoms. The maximum Gasteiger partial charge on any atom is 0.307 e. The second-order valence-corrected chi connectivity index (χ2v) is 7.97. The molecule has 2 aliphatic carbocycles. The van der Waals surface area contributed by atoms with Crippen molar-refractivity contribution in [1.29, 1.82) is 0 Å². The first-order valence-corrected chi connectivity index (χ1v) is 9.47. The second kappa shape index (κ2) is 6.26. The van der Waals surface area contributed by atoms with Crippen LogP contribution in [0.2, 0.25) is 0 Å². The molecule has 0 radical (unpaired) electrons. The molecule has 0 unspecified atom stereocenters. The first kappa shape index (κ1) is 16.3. The number of benzene rings is 1. The van der Waals surface area contributed by atoms with Crippen molar-refractivity contribution in [3.63, 3.8) is 0 Å². The monoisotopic (exact) mass is 356 g/mol. The van der Waals surface area contributed by atoms with Crippen LogP contribution < -0.4 is 5.32 Å². The highest BCUT2D eigenvalue weighted by Crippen LogP contribution is 2.52. The van der Waals surface area contributed by atoms with Crippen molar-refractivity contribution < 1.29 is 14.7 Å². The van der Waals surface area contributed by atoms with Gasteiger partial charge < -0.3 is 10.4 Å². The van der Waals surface area contributed by atoms with E-state index in [0.717, 1.165) is 30.5 Å². The maximum atomic E-state index is 12.7. The van der Waals surface area contributed by atoms with Crippen LogP contribution in [0.15, 0.2) is 29.6 Å². The van der Waals surface area contributed by atoms with Crippen LogP contribution in [0.1, 0.15) is 24.8 Å². The number of amides is 1. The van der Waals surface area contributed by atoms with Gasteiger partial charge in [0.05, 0.1) is 17.5 Å². The zero-order valence-electron chi connectivity index (χ0n) is 13.9. The molecule has 1 aromatic heterocycles. The third-order valence-electron chi connectivity index (χ3n) is 5.59. The molecule has 6 heteroatoms. The summed E-state index contributed by atoms with van der Waals surface area (Å²) in [6.45, 7) is 2.03. The summed E-state index contributed by atoms with van der Waals surface area (Å²) in [6.07, 6.45) is 2.75. The fraction of sp³-hybridized carbons (Fsp3) is 0.421. The molecule has 0 aliphatic heterocycles. The highest BCUT2D eigenvalue weighted by molar-refractivity contribution is 7.14. The number of fused-ring (bicyclic) bond motifs is 2. The van der Waals surface area contributed by atoms with E-state index in [4.69, 9.17) is 0 Å². The number of nitrogens with one attached hydrogen (secondary N) is 1. The van der Waals surface area contributed by atoms with Gasteiger partial charge in [0.2, 0.25) is 5.91 Å². The molecule has 2 saturated carbocycles. The second-order valence-electron chi connectivity index (χ2n) is 7.12. The van der Waals surface area contributed by atoms with Gasteiger partial charge in [-0.3, -0.25) is 9.59 Å². The number of carboxylic acids is 1. The fourth-order valence-corrected chi connectivity index (χ4v) is 5.12. The van der Waals surface area contributed by atoms with Gasteiger partial charge in [-0.25, -0.2) is 4.98 Å². The highest BCUT2D eigenvalue weighted by atomic mass is 32.1. The van der Waals surface area contributed by atoms with E-state index in [1.54, 1.807) is 0 Å². The van der Waals surface area contributed by atoms with E-state index in [1.165, 1.54) is 16.9 Å². The van der Waals surface area contributed by atoms with E-state index in [9.17, 15) is 14.7 Å². The number of thiazole rings is 1. The van der Waals surface area contributed by atoms with Gasteiger partial charge in [0.15, 0.2) is 5.13 Å². The fourth-order valence-electron chi connectivity index (χ4n) is 4.40. The van der Waals surface area contributed by atoms with Gasteiger partial charge in [-0.15, -0.1) is 11.3 Å². The molecule has 4 rings (SSSR count). The third-order valence-corrected chi connectivity index (χ3v) is 6.34.